The molecule has 242 valence electrons. The second kappa shape index (κ2) is 18.5. The fraction of sp³-hybridized carbons (Fsp3) is 0.957. The van der Waals surface area contributed by atoms with Crippen molar-refractivity contribution in [3.8, 4) is 0 Å². The summed E-state index contributed by atoms with van der Waals surface area (Å²) in [6.07, 6.45) is -9.29. The molecule has 0 unspecified atom stereocenters. The number of amides is 1. The van der Waals surface area contributed by atoms with Gasteiger partial charge in [0, 0.05) is 6.92 Å². The molecule has 2 aliphatic heterocycles. The van der Waals surface area contributed by atoms with Gasteiger partial charge in [0.25, 0.3) is 0 Å². The van der Waals surface area contributed by atoms with Crippen LogP contribution in [0.15, 0.2) is 0 Å². The number of aliphatic hydroxyl groups is 5. The molecule has 15 nitrogen and oxygen atoms in total. The zero-order valence-electron chi connectivity index (χ0n) is 22.8. The van der Waals surface area contributed by atoms with E-state index in [0.717, 1.165) is 49.9 Å². The number of unbranched alkanes of at least 4 members (excludes halogenated alkanes) is 3. The Kier molecular flexibility index (Phi) is 16.6. The zero-order chi connectivity index (χ0) is 30.6. The maximum atomic E-state index is 11.9. The van der Waals surface area contributed by atoms with Gasteiger partial charge in [0.15, 0.2) is 12.6 Å². The Hall–Kier alpha value is -0.320. The molecule has 1 amide bonds. The first-order chi connectivity index (χ1) is 19.4. The van der Waals surface area contributed by atoms with Crippen molar-refractivity contribution in [3.63, 3.8) is 0 Å². The number of ether oxygens (including phenoxy) is 4. The molecule has 0 aromatic carbocycles. The summed E-state index contributed by atoms with van der Waals surface area (Å²) in [5, 5.41) is 53.9. The molecule has 0 aromatic heterocycles. The van der Waals surface area contributed by atoms with Gasteiger partial charge < -0.3 is 49.8 Å². The first kappa shape index (κ1) is 36.9. The molecular weight excluding hydrogens is 610 g/mol. The highest BCUT2D eigenvalue weighted by Crippen LogP contribution is 2.31. The number of thioether (sulfide) groups is 1. The molecule has 0 aliphatic carbocycles. The van der Waals surface area contributed by atoms with Crippen LogP contribution in [0.25, 0.3) is 0 Å². The summed E-state index contributed by atoms with van der Waals surface area (Å²) in [5.74, 6) is 1.96. The predicted molar refractivity (Wildman–Crippen MR) is 149 cm³/mol. The van der Waals surface area contributed by atoms with Crippen LogP contribution in [0.3, 0.4) is 0 Å². The van der Waals surface area contributed by atoms with Gasteiger partial charge in [-0.05, 0) is 36.5 Å². The SMILES string of the molecule is CC(=O)N[C@H]1[C@H](O[C@H]2[C@H](O)[C@H](OCCCSCCCCCCS)O[C@@H](CO)[C@H]2O)O[C@H](CO)[C@@H](O)[C@@H]1OS(=O)(=O)O. The molecule has 7 N–H and O–H groups in total. The summed E-state index contributed by atoms with van der Waals surface area (Å²) in [5.41, 5.74) is 0. The van der Waals surface area contributed by atoms with E-state index >= 15 is 0 Å². The van der Waals surface area contributed by atoms with Crippen molar-refractivity contribution in [2.45, 2.75) is 100 Å². The highest BCUT2D eigenvalue weighted by atomic mass is 32.3. The normalized spacial score (nSPS) is 34.4. The second-order valence-corrected chi connectivity index (χ2v) is 12.4. The van der Waals surface area contributed by atoms with Crippen molar-refractivity contribution in [1.82, 2.24) is 5.32 Å². The van der Waals surface area contributed by atoms with E-state index in [1.807, 2.05) is 0 Å². The maximum Gasteiger partial charge on any atom is 0.397 e. The zero-order valence-corrected chi connectivity index (χ0v) is 25.3. The minimum atomic E-state index is -5.16. The average molecular weight is 654 g/mol. The fourth-order valence-electron chi connectivity index (χ4n) is 4.46. The van der Waals surface area contributed by atoms with E-state index in [2.05, 4.69) is 22.1 Å². The second-order valence-electron chi connectivity index (χ2n) is 9.71. The third-order valence-electron chi connectivity index (χ3n) is 6.48. The lowest BCUT2D eigenvalue weighted by Gasteiger charge is -2.47. The fourth-order valence-corrected chi connectivity index (χ4v) is 6.14. The standard InChI is InChI=1S/C23H43NO14S3/c1-13(27)24-16-20(38-41(31,32)33)17(28)14(11-25)35-22(16)37-21-18(29)15(12-26)36-23(19(21)30)34-7-6-10-40-9-5-3-2-4-8-39/h14-23,25-26,28-30,39H,2-12H2,1H3,(H,24,27)(H,31,32,33)/t14-,15+,16-,17-,18-,19+,20-,21-,22+,23-/m1/s1. The van der Waals surface area contributed by atoms with Crippen LogP contribution < -0.4 is 5.32 Å². The van der Waals surface area contributed by atoms with Gasteiger partial charge in [-0.2, -0.15) is 32.8 Å². The van der Waals surface area contributed by atoms with E-state index < -0.39 is 90.9 Å². The van der Waals surface area contributed by atoms with Gasteiger partial charge >= 0.3 is 10.4 Å². The number of hydrogen-bond donors (Lipinski definition) is 8. The molecule has 2 rings (SSSR count). The van der Waals surface area contributed by atoms with Crippen LogP contribution in [-0.4, -0.2) is 143 Å². The Morgan fingerprint density at radius 1 is 0.902 bits per heavy atom. The number of thiol groups is 1. The Morgan fingerprint density at radius 3 is 2.07 bits per heavy atom. The Balaban J connectivity index is 2.07. The molecule has 18 heteroatoms. The van der Waals surface area contributed by atoms with Crippen molar-refractivity contribution in [2.24, 2.45) is 0 Å². The number of carbonyl (C=O) groups is 1. The minimum absolute atomic E-state index is 0.187. The number of rotatable bonds is 18. The van der Waals surface area contributed by atoms with E-state index in [9.17, 15) is 43.3 Å². The summed E-state index contributed by atoms with van der Waals surface area (Å²) in [4.78, 5) is 11.9. The average Bonchev–Trinajstić information content (AvgIpc) is 2.91. The van der Waals surface area contributed by atoms with Crippen LogP contribution in [0.4, 0.5) is 0 Å². The maximum absolute atomic E-state index is 11.9. The van der Waals surface area contributed by atoms with Crippen molar-refractivity contribution in [1.29, 1.82) is 0 Å². The first-order valence-corrected chi connectivity index (χ1v) is 16.5. The van der Waals surface area contributed by atoms with Crippen LogP contribution in [0.2, 0.25) is 0 Å². The monoisotopic (exact) mass is 653 g/mol. The Labute approximate surface area is 249 Å². The Bertz CT molecular complexity index is 871. The van der Waals surface area contributed by atoms with Crippen molar-refractivity contribution < 1.29 is 66.4 Å². The number of nitrogens with one attached hydrogen (secondary N) is 1. The van der Waals surface area contributed by atoms with Gasteiger partial charge in [0.1, 0.15) is 48.8 Å². The van der Waals surface area contributed by atoms with Gasteiger partial charge in [0.05, 0.1) is 19.8 Å². The predicted octanol–water partition coefficient (Wildman–Crippen LogP) is -1.79. The third kappa shape index (κ3) is 11.9. The summed E-state index contributed by atoms with van der Waals surface area (Å²) in [6.45, 7) is -0.273. The van der Waals surface area contributed by atoms with Gasteiger partial charge in [-0.3, -0.25) is 9.35 Å². The highest BCUT2D eigenvalue weighted by molar-refractivity contribution is 7.99. The molecule has 2 heterocycles. The molecule has 2 saturated heterocycles. The largest absolute Gasteiger partial charge is 0.397 e. The van der Waals surface area contributed by atoms with E-state index in [0.29, 0.717) is 6.42 Å². The minimum Gasteiger partial charge on any atom is -0.394 e. The van der Waals surface area contributed by atoms with Crippen LogP contribution in [0.1, 0.15) is 39.0 Å². The van der Waals surface area contributed by atoms with Gasteiger partial charge in [0.2, 0.25) is 5.91 Å². The lowest BCUT2D eigenvalue weighted by Crippen LogP contribution is -2.68. The van der Waals surface area contributed by atoms with Crippen LogP contribution >= 0.6 is 24.4 Å². The summed E-state index contributed by atoms with van der Waals surface area (Å²) >= 11 is 5.96. The summed E-state index contributed by atoms with van der Waals surface area (Å²) in [6, 6.07) is -1.60. The van der Waals surface area contributed by atoms with E-state index in [1.165, 1.54) is 0 Å². The molecule has 2 fully saturated rings. The molecule has 0 aromatic rings. The smallest absolute Gasteiger partial charge is 0.394 e. The number of aliphatic hydroxyl groups excluding tert-OH is 5. The number of carbonyl (C=O) groups excluding carboxylic acids is 1. The topological polar surface area (TPSA) is 231 Å². The summed E-state index contributed by atoms with van der Waals surface area (Å²) < 4.78 is 59.1. The lowest BCUT2D eigenvalue weighted by molar-refractivity contribution is -0.346. The Morgan fingerprint density at radius 2 is 1.49 bits per heavy atom. The van der Waals surface area contributed by atoms with Crippen molar-refractivity contribution in [3.05, 3.63) is 0 Å². The van der Waals surface area contributed by atoms with Crippen LogP contribution in [-0.2, 0) is 38.3 Å². The molecule has 0 saturated carbocycles. The lowest BCUT2D eigenvalue weighted by atomic mass is 9.95. The van der Waals surface area contributed by atoms with Crippen molar-refractivity contribution >= 4 is 40.7 Å². The molecule has 0 bridgehead atoms. The summed E-state index contributed by atoms with van der Waals surface area (Å²) in [7, 11) is -5.16. The number of hydrogen-bond acceptors (Lipinski definition) is 15. The molecule has 10 atom stereocenters. The molecular formula is C23H43NO14S3. The van der Waals surface area contributed by atoms with E-state index in [1.54, 1.807) is 11.8 Å². The van der Waals surface area contributed by atoms with Crippen LogP contribution in [0, 0.1) is 0 Å². The van der Waals surface area contributed by atoms with Gasteiger partial charge in [-0.15, -0.1) is 0 Å². The van der Waals surface area contributed by atoms with Crippen molar-refractivity contribution in [2.75, 3.05) is 37.1 Å². The molecule has 2 aliphatic rings. The van der Waals surface area contributed by atoms with E-state index in [4.69, 9.17) is 18.9 Å². The molecule has 0 radical (unpaired) electrons. The third-order valence-corrected chi connectivity index (χ3v) is 8.42. The first-order valence-electron chi connectivity index (χ1n) is 13.4. The van der Waals surface area contributed by atoms with Gasteiger partial charge in [-0.25, -0.2) is 4.18 Å². The van der Waals surface area contributed by atoms with Crippen LogP contribution in [0.5, 0.6) is 0 Å². The van der Waals surface area contributed by atoms with E-state index in [-0.39, 0.29) is 6.61 Å². The molecule has 0 spiro atoms. The molecule has 41 heavy (non-hydrogen) atoms. The van der Waals surface area contributed by atoms with Gasteiger partial charge in [-0.1, -0.05) is 12.8 Å². The quantitative estimate of drug-likeness (QED) is 0.0464. The highest BCUT2D eigenvalue weighted by Gasteiger charge is 2.53.